The maximum Gasteiger partial charge on any atom is 0.279 e. The van der Waals surface area contributed by atoms with Crippen LogP contribution in [-0.4, -0.2) is 17.8 Å². The summed E-state index contributed by atoms with van der Waals surface area (Å²) in [6.45, 7) is 7.06. The zero-order chi connectivity index (χ0) is 17.6. The van der Waals surface area contributed by atoms with Gasteiger partial charge in [0.05, 0.1) is 11.4 Å². The summed E-state index contributed by atoms with van der Waals surface area (Å²) in [5, 5.41) is 0. The molecule has 0 aliphatic rings. The van der Waals surface area contributed by atoms with E-state index in [0.29, 0.717) is 10.6 Å². The molecule has 0 radical (unpaired) electrons. The van der Waals surface area contributed by atoms with Crippen molar-refractivity contribution in [2.24, 2.45) is 0 Å². The fraction of sp³-hybridized carbons (Fsp3) is 0.250. The lowest BCUT2D eigenvalue weighted by molar-refractivity contribution is 0.598. The number of aryl methyl sites for hydroxylation is 4. The molecule has 126 valence electrons. The summed E-state index contributed by atoms with van der Waals surface area (Å²) in [6, 6.07) is 5.46. The number of fused-ring (bicyclic) bond motifs is 1. The van der Waals surface area contributed by atoms with Gasteiger partial charge in [0.15, 0.2) is 9.86 Å². The average Bonchev–Trinajstić information content (AvgIpc) is 2.83. The van der Waals surface area contributed by atoms with Crippen LogP contribution in [0.15, 0.2) is 34.1 Å². The van der Waals surface area contributed by atoms with Crippen LogP contribution in [0.25, 0.3) is 4.96 Å². The Bertz CT molecular complexity index is 1110. The summed E-state index contributed by atoms with van der Waals surface area (Å²) in [4.78, 5) is 18.0. The molecule has 0 bridgehead atoms. The van der Waals surface area contributed by atoms with Crippen molar-refractivity contribution in [1.29, 1.82) is 0 Å². The number of aromatic nitrogens is 2. The minimum absolute atomic E-state index is 0.194. The Morgan fingerprint density at radius 2 is 1.88 bits per heavy atom. The number of sulfonamides is 1. The van der Waals surface area contributed by atoms with Crippen LogP contribution in [-0.2, 0) is 10.0 Å². The smallest absolute Gasteiger partial charge is 0.279 e. The number of hydrogen-bond acceptors (Lipinski definition) is 5. The Balaban J connectivity index is 2.18. The molecule has 0 spiro atoms. The van der Waals surface area contributed by atoms with Crippen LogP contribution < -0.4 is 10.3 Å². The third kappa shape index (κ3) is 2.83. The van der Waals surface area contributed by atoms with Crippen LogP contribution in [0.3, 0.4) is 0 Å². The molecule has 0 saturated heterocycles. The van der Waals surface area contributed by atoms with E-state index < -0.39 is 15.6 Å². The molecule has 6 nitrogen and oxygen atoms in total. The van der Waals surface area contributed by atoms with Crippen molar-refractivity contribution in [2.75, 3.05) is 4.72 Å². The van der Waals surface area contributed by atoms with Crippen molar-refractivity contribution in [3.63, 3.8) is 0 Å². The summed E-state index contributed by atoms with van der Waals surface area (Å²) < 4.78 is 29.4. The van der Waals surface area contributed by atoms with E-state index >= 15 is 0 Å². The molecule has 0 unspecified atom stereocenters. The van der Waals surface area contributed by atoms with E-state index in [1.165, 1.54) is 22.7 Å². The molecule has 2 aromatic heterocycles. The van der Waals surface area contributed by atoms with Crippen molar-refractivity contribution >= 4 is 32.0 Å². The first kappa shape index (κ1) is 16.7. The minimum atomic E-state index is -4.04. The first-order valence-electron chi connectivity index (χ1n) is 7.28. The molecular weight excluding hydrogens is 346 g/mol. The fourth-order valence-corrected chi connectivity index (χ4v) is 4.73. The number of thiazole rings is 1. The number of nitrogens with one attached hydrogen (secondary N) is 1. The van der Waals surface area contributed by atoms with E-state index in [4.69, 9.17) is 0 Å². The number of rotatable bonds is 3. The first-order chi connectivity index (χ1) is 11.2. The van der Waals surface area contributed by atoms with E-state index in [9.17, 15) is 13.2 Å². The lowest BCUT2D eigenvalue weighted by atomic mass is 10.1. The third-order valence-corrected chi connectivity index (χ3v) is 6.07. The van der Waals surface area contributed by atoms with Gasteiger partial charge in [0.2, 0.25) is 0 Å². The summed E-state index contributed by atoms with van der Waals surface area (Å²) in [6.07, 6.45) is 1.60. The van der Waals surface area contributed by atoms with E-state index in [1.807, 2.05) is 26.0 Å². The van der Waals surface area contributed by atoms with Crippen LogP contribution in [0.4, 0.5) is 5.69 Å². The van der Waals surface area contributed by atoms with Crippen molar-refractivity contribution in [1.82, 2.24) is 9.38 Å². The van der Waals surface area contributed by atoms with Gasteiger partial charge >= 0.3 is 0 Å². The highest BCUT2D eigenvalue weighted by molar-refractivity contribution is 7.92. The Morgan fingerprint density at radius 3 is 2.58 bits per heavy atom. The maximum atomic E-state index is 12.8. The van der Waals surface area contributed by atoms with Crippen LogP contribution in [0.5, 0.6) is 0 Å². The highest BCUT2D eigenvalue weighted by Crippen LogP contribution is 2.22. The van der Waals surface area contributed by atoms with Gasteiger partial charge in [0.1, 0.15) is 0 Å². The largest absolute Gasteiger partial charge is 0.279 e. The Labute approximate surface area is 143 Å². The first-order valence-corrected chi connectivity index (χ1v) is 9.58. The van der Waals surface area contributed by atoms with Gasteiger partial charge in [-0.2, -0.15) is 0 Å². The topological polar surface area (TPSA) is 80.5 Å². The molecule has 0 amide bonds. The fourth-order valence-electron chi connectivity index (χ4n) is 2.49. The second-order valence-electron chi connectivity index (χ2n) is 5.75. The second-order valence-corrected chi connectivity index (χ2v) is 8.58. The van der Waals surface area contributed by atoms with Gasteiger partial charge in [-0.25, -0.2) is 13.4 Å². The number of nitrogens with zero attached hydrogens (tertiary/aromatic N) is 2. The monoisotopic (exact) mass is 363 g/mol. The molecule has 8 heteroatoms. The van der Waals surface area contributed by atoms with Crippen LogP contribution >= 0.6 is 11.3 Å². The summed E-state index contributed by atoms with van der Waals surface area (Å²) >= 11 is 1.34. The molecule has 2 heterocycles. The van der Waals surface area contributed by atoms with Gasteiger partial charge < -0.3 is 0 Å². The lowest BCUT2D eigenvalue weighted by Crippen LogP contribution is -2.27. The van der Waals surface area contributed by atoms with Gasteiger partial charge in [-0.15, -0.1) is 11.3 Å². The van der Waals surface area contributed by atoms with Gasteiger partial charge in [-0.1, -0.05) is 12.1 Å². The number of anilines is 1. The molecule has 1 aromatic carbocycles. The second kappa shape index (κ2) is 5.71. The SMILES string of the molecule is Cc1ccc(C)c(NS(=O)(=O)c2c(C)nc3sc(C)cn3c2=O)c1. The maximum absolute atomic E-state index is 12.8. The molecular formula is C16H17N3O3S2. The van der Waals surface area contributed by atoms with Crippen molar-refractivity contribution in [2.45, 2.75) is 32.6 Å². The van der Waals surface area contributed by atoms with E-state index in [-0.39, 0.29) is 10.6 Å². The van der Waals surface area contributed by atoms with E-state index in [2.05, 4.69) is 9.71 Å². The van der Waals surface area contributed by atoms with E-state index in [1.54, 1.807) is 19.2 Å². The molecule has 0 aliphatic heterocycles. The molecule has 1 N–H and O–H groups in total. The summed E-state index contributed by atoms with van der Waals surface area (Å²) in [5.74, 6) is 0. The van der Waals surface area contributed by atoms with Gasteiger partial charge in [-0.05, 0) is 44.9 Å². The minimum Gasteiger partial charge on any atom is -0.279 e. The van der Waals surface area contributed by atoms with Gasteiger partial charge in [-0.3, -0.25) is 13.9 Å². The Morgan fingerprint density at radius 1 is 1.17 bits per heavy atom. The third-order valence-electron chi connectivity index (χ3n) is 3.68. The summed E-state index contributed by atoms with van der Waals surface area (Å²) in [5.41, 5.74) is 1.77. The zero-order valence-electron chi connectivity index (χ0n) is 13.7. The highest BCUT2D eigenvalue weighted by Gasteiger charge is 2.25. The van der Waals surface area contributed by atoms with Gasteiger partial charge in [0.25, 0.3) is 15.6 Å². The normalized spacial score (nSPS) is 11.8. The summed E-state index contributed by atoms with van der Waals surface area (Å²) in [7, 11) is -4.04. The van der Waals surface area contributed by atoms with Crippen molar-refractivity contribution in [3.05, 3.63) is 56.4 Å². The predicted octanol–water partition coefficient (Wildman–Crippen LogP) is 2.79. The van der Waals surface area contributed by atoms with E-state index in [0.717, 1.165) is 16.0 Å². The quantitative estimate of drug-likeness (QED) is 0.776. The lowest BCUT2D eigenvalue weighted by Gasteiger charge is -2.12. The van der Waals surface area contributed by atoms with Gasteiger partial charge in [0, 0.05) is 11.1 Å². The molecule has 3 rings (SSSR count). The number of hydrogen-bond donors (Lipinski definition) is 1. The molecule has 24 heavy (non-hydrogen) atoms. The molecule has 0 aliphatic carbocycles. The predicted molar refractivity (Wildman–Crippen MR) is 95.5 cm³/mol. The molecule has 0 saturated carbocycles. The van der Waals surface area contributed by atoms with Crippen LogP contribution in [0, 0.1) is 27.7 Å². The van der Waals surface area contributed by atoms with Crippen LogP contribution in [0.1, 0.15) is 21.7 Å². The van der Waals surface area contributed by atoms with Crippen molar-refractivity contribution in [3.8, 4) is 0 Å². The average molecular weight is 363 g/mol. The standard InChI is InChI=1S/C16H17N3O3S2/c1-9-5-6-10(2)13(7-9)18-24(21,22)14-12(4)17-16-19(15(14)20)8-11(3)23-16/h5-8,18H,1-4H3. The molecule has 0 fully saturated rings. The molecule has 3 aromatic rings. The Hall–Kier alpha value is -2.19. The number of benzene rings is 1. The Kier molecular flexibility index (Phi) is 3.97. The highest BCUT2D eigenvalue weighted by atomic mass is 32.2. The zero-order valence-corrected chi connectivity index (χ0v) is 15.4. The van der Waals surface area contributed by atoms with Crippen molar-refractivity contribution < 1.29 is 8.42 Å². The molecule has 0 atom stereocenters. The van der Waals surface area contributed by atoms with Crippen LogP contribution in [0.2, 0.25) is 0 Å².